The summed E-state index contributed by atoms with van der Waals surface area (Å²) < 4.78 is 5.18. The molecule has 2 amide bonds. The van der Waals surface area contributed by atoms with Crippen LogP contribution in [0.5, 0.6) is 0 Å². The minimum absolute atomic E-state index is 0.100. The molecule has 1 aromatic rings. The lowest BCUT2D eigenvalue weighted by molar-refractivity contribution is -0.948. The van der Waals surface area contributed by atoms with Crippen molar-refractivity contribution in [1.82, 2.24) is 4.90 Å². The SMILES string of the molecule is NC(=O)C1([NH+]2CCCCC2)CCN(C(=O)c2ccco2)CC1. The zero-order valence-electron chi connectivity index (χ0n) is 12.8. The van der Waals surface area contributed by atoms with Gasteiger partial charge in [-0.1, -0.05) is 0 Å². The molecule has 22 heavy (non-hydrogen) atoms. The van der Waals surface area contributed by atoms with Gasteiger partial charge in [-0.2, -0.15) is 0 Å². The first kappa shape index (κ1) is 15.1. The van der Waals surface area contributed by atoms with E-state index in [-0.39, 0.29) is 11.8 Å². The van der Waals surface area contributed by atoms with Crippen molar-refractivity contribution in [3.8, 4) is 0 Å². The van der Waals surface area contributed by atoms with Crippen LogP contribution in [0.15, 0.2) is 22.8 Å². The number of hydrogen-bond donors (Lipinski definition) is 2. The smallest absolute Gasteiger partial charge is 0.289 e. The molecular formula is C16H24N3O3+. The van der Waals surface area contributed by atoms with E-state index in [2.05, 4.69) is 0 Å². The van der Waals surface area contributed by atoms with Crippen LogP contribution in [0.3, 0.4) is 0 Å². The van der Waals surface area contributed by atoms with E-state index in [0.29, 0.717) is 31.7 Å². The van der Waals surface area contributed by atoms with Crippen LogP contribution in [0.4, 0.5) is 0 Å². The molecule has 6 nitrogen and oxygen atoms in total. The molecule has 2 aliphatic rings. The minimum Gasteiger partial charge on any atom is -0.459 e. The number of nitrogens with zero attached hydrogens (tertiary/aromatic N) is 1. The molecule has 0 unspecified atom stereocenters. The standard InChI is InChI=1S/C16H23N3O3/c17-15(21)16(19-8-2-1-3-9-19)6-10-18(11-7-16)14(20)13-5-4-12-22-13/h4-5,12H,1-3,6-11H2,(H2,17,21)/p+1. The number of likely N-dealkylation sites (tertiary alicyclic amines) is 2. The van der Waals surface area contributed by atoms with Gasteiger partial charge >= 0.3 is 0 Å². The van der Waals surface area contributed by atoms with Gasteiger partial charge in [-0.25, -0.2) is 0 Å². The van der Waals surface area contributed by atoms with Crippen LogP contribution >= 0.6 is 0 Å². The van der Waals surface area contributed by atoms with Gasteiger partial charge in [0.2, 0.25) is 0 Å². The number of amides is 2. The highest BCUT2D eigenvalue weighted by molar-refractivity contribution is 5.92. The molecule has 3 heterocycles. The maximum Gasteiger partial charge on any atom is 0.289 e. The van der Waals surface area contributed by atoms with E-state index >= 15 is 0 Å². The molecule has 1 aromatic heterocycles. The highest BCUT2D eigenvalue weighted by Crippen LogP contribution is 2.22. The molecule has 6 heteroatoms. The first-order valence-corrected chi connectivity index (χ1v) is 8.11. The molecule has 3 rings (SSSR count). The maximum atomic E-state index is 12.3. The van der Waals surface area contributed by atoms with Gasteiger partial charge in [-0.05, 0) is 31.4 Å². The van der Waals surface area contributed by atoms with E-state index in [1.54, 1.807) is 17.0 Å². The van der Waals surface area contributed by atoms with E-state index in [9.17, 15) is 9.59 Å². The summed E-state index contributed by atoms with van der Waals surface area (Å²) in [5.41, 5.74) is 5.27. The van der Waals surface area contributed by atoms with E-state index < -0.39 is 5.54 Å². The van der Waals surface area contributed by atoms with Crippen LogP contribution < -0.4 is 10.6 Å². The van der Waals surface area contributed by atoms with Crippen molar-refractivity contribution >= 4 is 11.8 Å². The number of nitrogens with two attached hydrogens (primary N) is 1. The fraction of sp³-hybridized carbons (Fsp3) is 0.625. The average molecular weight is 306 g/mol. The Hall–Kier alpha value is -1.82. The Balaban J connectivity index is 1.70. The molecule has 0 aromatic carbocycles. The van der Waals surface area contributed by atoms with Crippen molar-refractivity contribution in [2.75, 3.05) is 26.2 Å². The zero-order chi connectivity index (χ0) is 15.6. The number of carbonyl (C=O) groups is 2. The van der Waals surface area contributed by atoms with Crippen molar-refractivity contribution in [3.05, 3.63) is 24.2 Å². The molecule has 0 saturated carbocycles. The normalized spacial score (nSPS) is 22.5. The van der Waals surface area contributed by atoms with E-state index in [0.717, 1.165) is 25.9 Å². The third-order valence-corrected chi connectivity index (χ3v) is 5.24. The summed E-state index contributed by atoms with van der Waals surface area (Å²) in [6.45, 7) is 3.14. The summed E-state index contributed by atoms with van der Waals surface area (Å²) in [5.74, 6) is 0.0445. The van der Waals surface area contributed by atoms with Crippen molar-refractivity contribution in [2.24, 2.45) is 5.73 Å². The summed E-state index contributed by atoms with van der Waals surface area (Å²) in [4.78, 5) is 27.6. The fourth-order valence-corrected chi connectivity index (χ4v) is 3.88. The molecule has 2 saturated heterocycles. The number of furan rings is 1. The molecule has 120 valence electrons. The van der Waals surface area contributed by atoms with Gasteiger partial charge in [-0.3, -0.25) is 9.59 Å². The second-order valence-electron chi connectivity index (χ2n) is 6.38. The van der Waals surface area contributed by atoms with E-state index in [1.807, 2.05) is 0 Å². The van der Waals surface area contributed by atoms with Gasteiger partial charge in [0.05, 0.1) is 19.4 Å². The van der Waals surface area contributed by atoms with E-state index in [4.69, 9.17) is 10.2 Å². The third-order valence-electron chi connectivity index (χ3n) is 5.24. The Kier molecular flexibility index (Phi) is 4.20. The van der Waals surface area contributed by atoms with Crippen LogP contribution in [0.25, 0.3) is 0 Å². The topological polar surface area (TPSA) is 81.0 Å². The predicted octanol–water partition coefficient (Wildman–Crippen LogP) is -0.191. The maximum absolute atomic E-state index is 12.3. The first-order valence-electron chi connectivity index (χ1n) is 8.11. The zero-order valence-corrected chi connectivity index (χ0v) is 12.8. The molecule has 0 radical (unpaired) electrons. The lowest BCUT2D eigenvalue weighted by Gasteiger charge is -2.45. The number of primary amides is 1. The van der Waals surface area contributed by atoms with Gasteiger partial charge in [-0.15, -0.1) is 0 Å². The minimum atomic E-state index is -0.500. The first-order chi connectivity index (χ1) is 10.6. The van der Waals surface area contributed by atoms with Crippen molar-refractivity contribution in [3.63, 3.8) is 0 Å². The summed E-state index contributed by atoms with van der Waals surface area (Å²) in [7, 11) is 0. The quantitative estimate of drug-likeness (QED) is 0.812. The lowest BCUT2D eigenvalue weighted by Crippen LogP contribution is -3.22. The molecule has 0 aliphatic carbocycles. The lowest BCUT2D eigenvalue weighted by atomic mass is 9.83. The van der Waals surface area contributed by atoms with Gasteiger partial charge in [0.15, 0.2) is 11.3 Å². The molecule has 2 fully saturated rings. The number of rotatable bonds is 3. The van der Waals surface area contributed by atoms with Gasteiger partial charge in [0.25, 0.3) is 11.8 Å². The Morgan fingerprint density at radius 3 is 2.41 bits per heavy atom. The van der Waals surface area contributed by atoms with Gasteiger partial charge in [0.1, 0.15) is 0 Å². The van der Waals surface area contributed by atoms with Crippen molar-refractivity contribution in [2.45, 2.75) is 37.6 Å². The Labute approximate surface area is 130 Å². The Morgan fingerprint density at radius 1 is 1.18 bits per heavy atom. The van der Waals surface area contributed by atoms with Crippen LogP contribution in [0.1, 0.15) is 42.7 Å². The molecule has 2 aliphatic heterocycles. The monoisotopic (exact) mass is 306 g/mol. The van der Waals surface area contributed by atoms with Crippen LogP contribution in [0.2, 0.25) is 0 Å². The van der Waals surface area contributed by atoms with E-state index in [1.165, 1.54) is 17.6 Å². The van der Waals surface area contributed by atoms with Crippen LogP contribution in [-0.4, -0.2) is 48.4 Å². The van der Waals surface area contributed by atoms with Crippen LogP contribution in [-0.2, 0) is 4.79 Å². The molecule has 0 spiro atoms. The number of quaternary nitrogens is 1. The molecule has 0 bridgehead atoms. The van der Waals surface area contributed by atoms with Crippen molar-refractivity contribution in [1.29, 1.82) is 0 Å². The predicted molar refractivity (Wildman–Crippen MR) is 80.3 cm³/mol. The number of nitrogens with one attached hydrogen (secondary N) is 1. The summed E-state index contributed by atoms with van der Waals surface area (Å²) in [6.07, 6.45) is 6.33. The largest absolute Gasteiger partial charge is 0.459 e. The Morgan fingerprint density at radius 2 is 1.86 bits per heavy atom. The summed E-state index contributed by atoms with van der Waals surface area (Å²) >= 11 is 0. The fourth-order valence-electron chi connectivity index (χ4n) is 3.88. The highest BCUT2D eigenvalue weighted by atomic mass is 16.3. The summed E-state index contributed by atoms with van der Waals surface area (Å²) in [5, 5.41) is 0. The second-order valence-corrected chi connectivity index (χ2v) is 6.38. The van der Waals surface area contributed by atoms with Gasteiger partial charge < -0.3 is 20.0 Å². The number of hydrogen-bond acceptors (Lipinski definition) is 3. The van der Waals surface area contributed by atoms with Gasteiger partial charge in [0, 0.05) is 25.9 Å². The molecule has 0 atom stereocenters. The average Bonchev–Trinajstić information content (AvgIpc) is 3.09. The number of piperidine rings is 2. The third kappa shape index (κ3) is 2.63. The highest BCUT2D eigenvalue weighted by Gasteiger charge is 2.49. The molecular weight excluding hydrogens is 282 g/mol. The van der Waals surface area contributed by atoms with Crippen LogP contribution in [0, 0.1) is 0 Å². The Bertz CT molecular complexity index is 527. The second kappa shape index (κ2) is 6.12. The van der Waals surface area contributed by atoms with Crippen molar-refractivity contribution < 1.29 is 18.9 Å². The molecule has 3 N–H and O–H groups in total. The number of carbonyl (C=O) groups excluding carboxylic acids is 2. The summed E-state index contributed by atoms with van der Waals surface area (Å²) in [6, 6.07) is 3.39.